The molecule has 5 heteroatoms. The second-order valence-corrected chi connectivity index (χ2v) is 7.43. The van der Waals surface area contributed by atoms with E-state index in [1.165, 1.54) is 19.3 Å². The van der Waals surface area contributed by atoms with Crippen LogP contribution in [0.1, 0.15) is 38.5 Å². The minimum Gasteiger partial charge on any atom is -0.384 e. The molecule has 0 N–H and O–H groups in total. The SMILES string of the molecule is COCC1CCN(C)C2(C1)CN(C(=O)COC1CCCC1)C2. The van der Waals surface area contributed by atoms with Crippen molar-refractivity contribution in [2.75, 3.05) is 47.0 Å². The molecular weight excluding hydrogens is 280 g/mol. The van der Waals surface area contributed by atoms with Crippen molar-refractivity contribution in [3.63, 3.8) is 0 Å². The van der Waals surface area contributed by atoms with E-state index in [0.717, 1.165) is 45.5 Å². The van der Waals surface area contributed by atoms with E-state index in [9.17, 15) is 4.79 Å². The zero-order chi connectivity index (χ0) is 15.6. The summed E-state index contributed by atoms with van der Waals surface area (Å²) >= 11 is 0. The first-order valence-corrected chi connectivity index (χ1v) is 8.72. The van der Waals surface area contributed by atoms with Crippen molar-refractivity contribution in [3.8, 4) is 0 Å². The third kappa shape index (κ3) is 3.31. The van der Waals surface area contributed by atoms with E-state index in [4.69, 9.17) is 9.47 Å². The second kappa shape index (κ2) is 6.85. The molecule has 1 saturated carbocycles. The molecule has 0 bridgehead atoms. The van der Waals surface area contributed by atoms with Crippen LogP contribution in [-0.2, 0) is 14.3 Å². The van der Waals surface area contributed by atoms with Gasteiger partial charge in [-0.1, -0.05) is 12.8 Å². The van der Waals surface area contributed by atoms with Gasteiger partial charge in [-0.3, -0.25) is 9.69 Å². The van der Waals surface area contributed by atoms with Crippen LogP contribution in [0.25, 0.3) is 0 Å². The van der Waals surface area contributed by atoms with E-state index in [-0.39, 0.29) is 18.1 Å². The third-order valence-electron chi connectivity index (χ3n) is 5.82. The fourth-order valence-corrected chi connectivity index (χ4v) is 4.33. The van der Waals surface area contributed by atoms with Gasteiger partial charge >= 0.3 is 0 Å². The summed E-state index contributed by atoms with van der Waals surface area (Å²) in [5.74, 6) is 0.799. The first kappa shape index (κ1) is 16.2. The summed E-state index contributed by atoms with van der Waals surface area (Å²) in [6.45, 7) is 3.93. The Bertz CT molecular complexity index is 389. The predicted molar refractivity (Wildman–Crippen MR) is 84.7 cm³/mol. The fourth-order valence-electron chi connectivity index (χ4n) is 4.33. The molecule has 0 aromatic carbocycles. The van der Waals surface area contributed by atoms with Crippen LogP contribution in [0.4, 0.5) is 0 Å². The Kier molecular flexibility index (Phi) is 5.05. The van der Waals surface area contributed by atoms with Crippen LogP contribution < -0.4 is 0 Å². The van der Waals surface area contributed by atoms with E-state index < -0.39 is 0 Å². The molecule has 1 spiro atoms. The van der Waals surface area contributed by atoms with Gasteiger partial charge in [-0.2, -0.15) is 0 Å². The molecule has 5 nitrogen and oxygen atoms in total. The largest absolute Gasteiger partial charge is 0.384 e. The van der Waals surface area contributed by atoms with Gasteiger partial charge in [-0.25, -0.2) is 0 Å². The fraction of sp³-hybridized carbons (Fsp3) is 0.941. The van der Waals surface area contributed by atoms with E-state index in [0.29, 0.717) is 12.0 Å². The van der Waals surface area contributed by atoms with Crippen LogP contribution in [0.5, 0.6) is 0 Å². The van der Waals surface area contributed by atoms with Crippen LogP contribution >= 0.6 is 0 Å². The van der Waals surface area contributed by atoms with Gasteiger partial charge in [0, 0.05) is 26.8 Å². The Morgan fingerprint density at radius 1 is 1.23 bits per heavy atom. The number of methoxy groups -OCH3 is 1. The number of nitrogens with zero attached hydrogens (tertiary/aromatic N) is 2. The molecule has 0 radical (unpaired) electrons. The highest BCUT2D eigenvalue weighted by molar-refractivity contribution is 5.78. The Balaban J connectivity index is 1.45. The van der Waals surface area contributed by atoms with Gasteiger partial charge < -0.3 is 14.4 Å². The lowest BCUT2D eigenvalue weighted by atomic mass is 9.75. The average Bonchev–Trinajstić information content (AvgIpc) is 2.98. The number of amides is 1. The van der Waals surface area contributed by atoms with Crippen LogP contribution in [0.15, 0.2) is 0 Å². The van der Waals surface area contributed by atoms with Crippen molar-refractivity contribution >= 4 is 5.91 Å². The summed E-state index contributed by atoms with van der Waals surface area (Å²) < 4.78 is 11.1. The lowest BCUT2D eigenvalue weighted by Crippen LogP contribution is -2.73. The zero-order valence-corrected chi connectivity index (χ0v) is 14.1. The van der Waals surface area contributed by atoms with Gasteiger partial charge in [-0.05, 0) is 45.2 Å². The van der Waals surface area contributed by atoms with Crippen molar-refractivity contribution in [3.05, 3.63) is 0 Å². The topological polar surface area (TPSA) is 42.0 Å². The van der Waals surface area contributed by atoms with Crippen LogP contribution in [-0.4, -0.2) is 74.4 Å². The maximum Gasteiger partial charge on any atom is 0.248 e. The number of likely N-dealkylation sites (tertiary alicyclic amines) is 2. The number of piperidine rings is 1. The van der Waals surface area contributed by atoms with Crippen LogP contribution in [0.2, 0.25) is 0 Å². The molecule has 3 fully saturated rings. The molecule has 1 unspecified atom stereocenters. The summed E-state index contributed by atoms with van der Waals surface area (Å²) in [7, 11) is 3.97. The first-order chi connectivity index (χ1) is 10.6. The van der Waals surface area contributed by atoms with Gasteiger partial charge in [0.1, 0.15) is 6.61 Å². The maximum atomic E-state index is 12.3. The Morgan fingerprint density at radius 3 is 2.64 bits per heavy atom. The van der Waals surface area contributed by atoms with Crippen molar-refractivity contribution in [2.24, 2.45) is 5.92 Å². The van der Waals surface area contributed by atoms with Crippen molar-refractivity contribution in [2.45, 2.75) is 50.2 Å². The molecular formula is C17H30N2O3. The van der Waals surface area contributed by atoms with Crippen molar-refractivity contribution in [1.29, 1.82) is 0 Å². The molecule has 1 atom stereocenters. The summed E-state index contributed by atoms with van der Waals surface area (Å²) in [6.07, 6.45) is 7.41. The van der Waals surface area contributed by atoms with Gasteiger partial charge in [-0.15, -0.1) is 0 Å². The van der Waals surface area contributed by atoms with Gasteiger partial charge in [0.05, 0.1) is 11.6 Å². The summed E-state index contributed by atoms with van der Waals surface area (Å²) in [6, 6.07) is 0. The maximum absolute atomic E-state index is 12.3. The van der Waals surface area contributed by atoms with Crippen molar-refractivity contribution in [1.82, 2.24) is 9.80 Å². The molecule has 3 rings (SSSR count). The van der Waals surface area contributed by atoms with E-state index >= 15 is 0 Å². The monoisotopic (exact) mass is 310 g/mol. The molecule has 126 valence electrons. The molecule has 2 aliphatic heterocycles. The van der Waals surface area contributed by atoms with E-state index in [1.54, 1.807) is 7.11 Å². The number of likely N-dealkylation sites (N-methyl/N-ethyl adjacent to an activating group) is 1. The normalized spacial score (nSPS) is 29.0. The standard InChI is InChI=1S/C17H30N2O3/c1-18-8-7-14(10-21-2)9-17(18)12-19(13-17)16(20)11-22-15-5-3-4-6-15/h14-15H,3-13H2,1-2H3. The highest BCUT2D eigenvalue weighted by Gasteiger charge is 2.50. The minimum atomic E-state index is 0.166. The van der Waals surface area contributed by atoms with E-state index in [1.807, 2.05) is 4.90 Å². The molecule has 2 heterocycles. The van der Waals surface area contributed by atoms with Gasteiger partial charge in [0.25, 0.3) is 0 Å². The molecule has 2 saturated heterocycles. The molecule has 3 aliphatic rings. The summed E-state index contributed by atoms with van der Waals surface area (Å²) in [4.78, 5) is 16.7. The molecule has 1 amide bonds. The summed E-state index contributed by atoms with van der Waals surface area (Å²) in [5.41, 5.74) is 0.185. The second-order valence-electron chi connectivity index (χ2n) is 7.43. The lowest BCUT2D eigenvalue weighted by Gasteiger charge is -2.58. The number of rotatable bonds is 5. The predicted octanol–water partition coefficient (Wildman–Crippen LogP) is 1.51. The number of hydrogen-bond acceptors (Lipinski definition) is 4. The Hall–Kier alpha value is -0.650. The Morgan fingerprint density at radius 2 is 1.95 bits per heavy atom. The smallest absolute Gasteiger partial charge is 0.248 e. The number of carbonyl (C=O) groups excluding carboxylic acids is 1. The highest BCUT2D eigenvalue weighted by atomic mass is 16.5. The zero-order valence-electron chi connectivity index (χ0n) is 14.1. The van der Waals surface area contributed by atoms with Crippen LogP contribution in [0, 0.1) is 5.92 Å². The third-order valence-corrected chi connectivity index (χ3v) is 5.82. The highest BCUT2D eigenvalue weighted by Crippen LogP contribution is 2.38. The number of ether oxygens (including phenoxy) is 2. The molecule has 22 heavy (non-hydrogen) atoms. The quantitative estimate of drug-likeness (QED) is 0.772. The molecule has 0 aromatic heterocycles. The average molecular weight is 310 g/mol. The summed E-state index contributed by atoms with van der Waals surface area (Å²) in [5, 5.41) is 0. The van der Waals surface area contributed by atoms with E-state index in [2.05, 4.69) is 11.9 Å². The Labute approximate surface area is 133 Å². The number of hydrogen-bond donors (Lipinski definition) is 0. The van der Waals surface area contributed by atoms with Crippen molar-refractivity contribution < 1.29 is 14.3 Å². The van der Waals surface area contributed by atoms with Crippen LogP contribution in [0.3, 0.4) is 0 Å². The molecule has 1 aliphatic carbocycles. The minimum absolute atomic E-state index is 0.166. The van der Waals surface area contributed by atoms with Gasteiger partial charge in [0.2, 0.25) is 5.91 Å². The van der Waals surface area contributed by atoms with Gasteiger partial charge in [0.15, 0.2) is 0 Å². The number of carbonyl (C=O) groups is 1. The first-order valence-electron chi connectivity index (χ1n) is 8.72. The lowest BCUT2D eigenvalue weighted by molar-refractivity contribution is -0.157. The molecule has 0 aromatic rings.